The summed E-state index contributed by atoms with van der Waals surface area (Å²) in [6.07, 6.45) is -2.92. The van der Waals surface area contributed by atoms with Crippen LogP contribution in [0.1, 0.15) is 16.1 Å². The standard InChI is InChI=1S/C22H18ClF3N4O4/c1-27-21(32)18-11-15(7-8-28-18)34-14-4-5-17(16(23)10-14)29-30(12-31)19-9-13(22(24,25)26)3-6-20(19)33-2/h3-12,29H,1-2H3,(H,27,32). The molecule has 0 spiro atoms. The van der Waals surface area contributed by atoms with Crippen LogP contribution in [0.2, 0.25) is 5.02 Å². The molecule has 2 aromatic carbocycles. The quantitative estimate of drug-likeness (QED) is 0.342. The smallest absolute Gasteiger partial charge is 0.416 e. The van der Waals surface area contributed by atoms with Crippen molar-refractivity contribution in [2.75, 3.05) is 24.6 Å². The van der Waals surface area contributed by atoms with Gasteiger partial charge in [-0.2, -0.15) is 13.2 Å². The predicted molar refractivity (Wildman–Crippen MR) is 119 cm³/mol. The summed E-state index contributed by atoms with van der Waals surface area (Å²) in [6, 6.07) is 10.1. The minimum absolute atomic E-state index is 0.0354. The van der Waals surface area contributed by atoms with Gasteiger partial charge in [0, 0.05) is 25.4 Å². The van der Waals surface area contributed by atoms with Gasteiger partial charge in [-0.15, -0.1) is 0 Å². The number of hydrogen-bond acceptors (Lipinski definition) is 6. The number of benzene rings is 2. The van der Waals surface area contributed by atoms with Crippen LogP contribution in [0, 0.1) is 0 Å². The number of halogens is 4. The first-order valence-electron chi connectivity index (χ1n) is 9.58. The number of anilines is 2. The number of alkyl halides is 3. The molecule has 3 rings (SSSR count). The van der Waals surface area contributed by atoms with Gasteiger partial charge < -0.3 is 14.8 Å². The highest BCUT2D eigenvalue weighted by Crippen LogP contribution is 2.37. The maximum atomic E-state index is 13.1. The number of aromatic nitrogens is 1. The van der Waals surface area contributed by atoms with E-state index in [1.807, 2.05) is 0 Å². The topological polar surface area (TPSA) is 92.8 Å². The van der Waals surface area contributed by atoms with Crippen LogP contribution in [0.5, 0.6) is 17.2 Å². The maximum absolute atomic E-state index is 13.1. The second kappa shape index (κ2) is 10.3. The van der Waals surface area contributed by atoms with E-state index in [9.17, 15) is 22.8 Å². The summed E-state index contributed by atoms with van der Waals surface area (Å²) < 4.78 is 50.2. The number of nitrogens with zero attached hydrogens (tertiary/aromatic N) is 2. The molecule has 2 amide bonds. The summed E-state index contributed by atoms with van der Waals surface area (Å²) in [5.41, 5.74) is 1.90. The molecule has 8 nitrogen and oxygen atoms in total. The summed E-state index contributed by atoms with van der Waals surface area (Å²) in [7, 11) is 2.74. The molecule has 0 aliphatic rings. The highest BCUT2D eigenvalue weighted by atomic mass is 35.5. The number of ether oxygens (including phenoxy) is 2. The molecule has 178 valence electrons. The van der Waals surface area contributed by atoms with Crippen molar-refractivity contribution in [3.8, 4) is 17.2 Å². The van der Waals surface area contributed by atoms with Gasteiger partial charge in [-0.25, -0.2) is 5.01 Å². The monoisotopic (exact) mass is 494 g/mol. The van der Waals surface area contributed by atoms with Crippen molar-refractivity contribution >= 4 is 35.3 Å². The first-order valence-corrected chi connectivity index (χ1v) is 9.96. The normalized spacial score (nSPS) is 10.9. The van der Waals surface area contributed by atoms with Crippen molar-refractivity contribution < 1.29 is 32.2 Å². The minimum atomic E-state index is -4.61. The zero-order valence-electron chi connectivity index (χ0n) is 17.8. The van der Waals surface area contributed by atoms with Crippen LogP contribution < -0.4 is 25.2 Å². The molecule has 12 heteroatoms. The van der Waals surface area contributed by atoms with Crippen LogP contribution in [-0.2, 0) is 11.0 Å². The Labute approximate surface area is 197 Å². The van der Waals surface area contributed by atoms with E-state index in [1.165, 1.54) is 44.6 Å². The van der Waals surface area contributed by atoms with Gasteiger partial charge in [0.25, 0.3) is 5.91 Å². The summed E-state index contributed by atoms with van der Waals surface area (Å²) in [6.45, 7) is 0. The lowest BCUT2D eigenvalue weighted by atomic mass is 10.1. The Morgan fingerprint density at radius 3 is 2.47 bits per heavy atom. The highest BCUT2D eigenvalue weighted by molar-refractivity contribution is 6.33. The SMILES string of the molecule is CNC(=O)c1cc(Oc2ccc(NN(C=O)c3cc(C(F)(F)F)ccc3OC)c(Cl)c2)ccn1. The summed E-state index contributed by atoms with van der Waals surface area (Å²) in [5.74, 6) is 0.280. The molecule has 0 saturated carbocycles. The molecule has 0 saturated heterocycles. The Morgan fingerprint density at radius 2 is 1.85 bits per heavy atom. The van der Waals surface area contributed by atoms with Gasteiger partial charge in [0.15, 0.2) is 0 Å². The third kappa shape index (κ3) is 5.67. The van der Waals surface area contributed by atoms with Crippen molar-refractivity contribution in [1.29, 1.82) is 0 Å². The molecule has 34 heavy (non-hydrogen) atoms. The van der Waals surface area contributed by atoms with Crippen molar-refractivity contribution in [2.24, 2.45) is 0 Å². The van der Waals surface area contributed by atoms with Crippen molar-refractivity contribution in [3.63, 3.8) is 0 Å². The number of amides is 2. The third-order valence-corrected chi connectivity index (χ3v) is 4.79. The maximum Gasteiger partial charge on any atom is 0.416 e. The molecule has 0 unspecified atom stereocenters. The van der Waals surface area contributed by atoms with Crippen LogP contribution in [-0.4, -0.2) is 31.5 Å². The number of carbonyl (C=O) groups excluding carboxylic acids is 2. The molecule has 2 N–H and O–H groups in total. The zero-order valence-corrected chi connectivity index (χ0v) is 18.6. The number of nitrogens with one attached hydrogen (secondary N) is 2. The zero-order chi connectivity index (χ0) is 24.9. The lowest BCUT2D eigenvalue weighted by Gasteiger charge is -2.23. The predicted octanol–water partition coefficient (Wildman–Crippen LogP) is 4.90. The second-order valence-corrected chi connectivity index (χ2v) is 7.08. The number of rotatable bonds is 8. The van der Waals surface area contributed by atoms with Gasteiger partial charge in [0.2, 0.25) is 6.41 Å². The molecule has 3 aromatic rings. The van der Waals surface area contributed by atoms with Crippen LogP contribution in [0.15, 0.2) is 54.7 Å². The lowest BCUT2D eigenvalue weighted by Crippen LogP contribution is -2.29. The molecule has 1 aromatic heterocycles. The van der Waals surface area contributed by atoms with Crippen LogP contribution in [0.4, 0.5) is 24.5 Å². The fourth-order valence-corrected chi connectivity index (χ4v) is 3.05. The van der Waals surface area contributed by atoms with Gasteiger partial charge in [-0.05, 0) is 36.4 Å². The van der Waals surface area contributed by atoms with E-state index < -0.39 is 11.7 Å². The number of pyridine rings is 1. The van der Waals surface area contributed by atoms with E-state index in [-0.39, 0.29) is 40.2 Å². The molecular formula is C22H18ClF3N4O4. The number of carbonyl (C=O) groups is 2. The molecule has 0 aliphatic carbocycles. The summed E-state index contributed by atoms with van der Waals surface area (Å²) >= 11 is 6.29. The number of hydrazine groups is 1. The molecule has 1 heterocycles. The van der Waals surface area contributed by atoms with Crippen LogP contribution in [0.25, 0.3) is 0 Å². The van der Waals surface area contributed by atoms with Crippen molar-refractivity contribution in [3.05, 3.63) is 71.0 Å². The average molecular weight is 495 g/mol. The van der Waals surface area contributed by atoms with Gasteiger partial charge in [-0.3, -0.25) is 20.0 Å². The fraction of sp³-hybridized carbons (Fsp3) is 0.136. The van der Waals surface area contributed by atoms with E-state index >= 15 is 0 Å². The average Bonchev–Trinajstić information content (AvgIpc) is 2.82. The Morgan fingerprint density at radius 1 is 1.12 bits per heavy atom. The van der Waals surface area contributed by atoms with Gasteiger partial charge in [0.1, 0.15) is 28.6 Å². The molecule has 0 atom stereocenters. The first-order chi connectivity index (χ1) is 16.2. The van der Waals surface area contributed by atoms with Crippen LogP contribution in [0.3, 0.4) is 0 Å². The Kier molecular flexibility index (Phi) is 7.47. The Bertz CT molecular complexity index is 1210. The number of methoxy groups -OCH3 is 1. The first kappa shape index (κ1) is 24.6. The van der Waals surface area contributed by atoms with Gasteiger partial charge in [-0.1, -0.05) is 11.6 Å². The third-order valence-electron chi connectivity index (χ3n) is 4.48. The highest BCUT2D eigenvalue weighted by Gasteiger charge is 2.32. The molecule has 0 fully saturated rings. The fourth-order valence-electron chi connectivity index (χ4n) is 2.84. The second-order valence-electron chi connectivity index (χ2n) is 6.67. The summed E-state index contributed by atoms with van der Waals surface area (Å²) in [5, 5.41) is 3.38. The minimum Gasteiger partial charge on any atom is -0.494 e. The van der Waals surface area contributed by atoms with Crippen molar-refractivity contribution in [2.45, 2.75) is 6.18 Å². The van der Waals surface area contributed by atoms with E-state index in [0.29, 0.717) is 11.5 Å². The largest absolute Gasteiger partial charge is 0.494 e. The molecular weight excluding hydrogens is 477 g/mol. The van der Waals surface area contributed by atoms with Crippen LogP contribution >= 0.6 is 11.6 Å². The van der Waals surface area contributed by atoms with Gasteiger partial charge >= 0.3 is 6.18 Å². The Balaban J connectivity index is 1.84. The lowest BCUT2D eigenvalue weighted by molar-refractivity contribution is -0.137. The van der Waals surface area contributed by atoms with E-state index in [0.717, 1.165) is 23.2 Å². The number of hydrogen-bond donors (Lipinski definition) is 2. The summed E-state index contributed by atoms with van der Waals surface area (Å²) in [4.78, 5) is 27.4. The molecule has 0 bridgehead atoms. The van der Waals surface area contributed by atoms with E-state index in [1.54, 1.807) is 6.07 Å². The molecule has 0 radical (unpaired) electrons. The Hall–Kier alpha value is -3.99. The van der Waals surface area contributed by atoms with Gasteiger partial charge in [0.05, 0.1) is 23.4 Å². The van der Waals surface area contributed by atoms with Crippen molar-refractivity contribution in [1.82, 2.24) is 10.3 Å². The van der Waals surface area contributed by atoms with E-state index in [4.69, 9.17) is 21.1 Å². The van der Waals surface area contributed by atoms with E-state index in [2.05, 4.69) is 15.7 Å². The molecule has 0 aliphatic heterocycles.